The number of nitrogens with zero attached hydrogens (tertiary/aromatic N) is 4. The van der Waals surface area contributed by atoms with Crippen LogP contribution in [0, 0.1) is 5.92 Å². The number of likely N-dealkylation sites (tertiary alicyclic amines) is 1. The molecule has 0 bridgehead atoms. The lowest BCUT2D eigenvalue weighted by Crippen LogP contribution is -2.53. The van der Waals surface area contributed by atoms with Crippen molar-refractivity contribution in [3.63, 3.8) is 0 Å². The zero-order valence-corrected chi connectivity index (χ0v) is 16.3. The van der Waals surface area contributed by atoms with Crippen molar-refractivity contribution in [1.82, 2.24) is 4.90 Å². The van der Waals surface area contributed by atoms with Gasteiger partial charge in [-0.1, -0.05) is 35.4 Å². The van der Waals surface area contributed by atoms with Crippen LogP contribution in [0.1, 0.15) is 52.0 Å². The van der Waals surface area contributed by atoms with E-state index in [0.29, 0.717) is 25.8 Å². The van der Waals surface area contributed by atoms with Crippen LogP contribution in [0.5, 0.6) is 0 Å². The first-order valence-electron chi connectivity index (χ1n) is 9.42. The average molecular weight is 372 g/mol. The number of carbonyl (C=O) groups excluding carboxylic acids is 2. The molecule has 1 fully saturated rings. The Bertz CT molecular complexity index is 693. The lowest BCUT2D eigenvalue weighted by molar-refractivity contribution is -0.140. The summed E-state index contributed by atoms with van der Waals surface area (Å²) >= 11 is 0. The largest absolute Gasteiger partial charge is 0.443 e. The second kappa shape index (κ2) is 9.42. The molecule has 0 N–H and O–H groups in total. The van der Waals surface area contributed by atoms with Crippen molar-refractivity contribution in [1.29, 1.82) is 0 Å². The second-order valence-electron chi connectivity index (χ2n) is 7.90. The fraction of sp³-hybridized carbons (Fsp3) is 0.600. The SMILES string of the molecule is CC(C)(C)OC(=O)N1C(=O)[C@H](CCCN=[N+]=[N-])CC[C@H]1Cc1ccccc1. The van der Waals surface area contributed by atoms with Crippen molar-refractivity contribution in [3.05, 3.63) is 46.3 Å². The Morgan fingerprint density at radius 1 is 1.30 bits per heavy atom. The minimum Gasteiger partial charge on any atom is -0.443 e. The molecule has 0 aliphatic carbocycles. The van der Waals surface area contributed by atoms with Crippen molar-refractivity contribution in [2.45, 2.75) is 64.5 Å². The summed E-state index contributed by atoms with van der Waals surface area (Å²) in [6.45, 7) is 5.74. The molecule has 1 aliphatic rings. The molecule has 146 valence electrons. The van der Waals surface area contributed by atoms with E-state index in [4.69, 9.17) is 10.3 Å². The normalized spacial score (nSPS) is 20.1. The van der Waals surface area contributed by atoms with Crippen LogP contribution in [-0.4, -0.2) is 35.1 Å². The molecule has 7 heteroatoms. The maximum atomic E-state index is 13.0. The molecule has 0 unspecified atom stereocenters. The number of carbonyl (C=O) groups is 2. The molecule has 1 aromatic carbocycles. The minimum atomic E-state index is -0.664. The van der Waals surface area contributed by atoms with Crippen LogP contribution in [0.3, 0.4) is 0 Å². The van der Waals surface area contributed by atoms with E-state index in [0.717, 1.165) is 18.4 Å². The molecule has 2 rings (SSSR count). The Morgan fingerprint density at radius 3 is 2.63 bits per heavy atom. The van der Waals surface area contributed by atoms with E-state index in [1.807, 2.05) is 30.3 Å². The standard InChI is InChI=1S/C20H28N4O3/c1-20(2,3)27-19(26)24-17(14-15-8-5-4-6-9-15)12-11-16(18(24)25)10-7-13-22-23-21/h4-6,8-9,16-17H,7,10-14H2,1-3H3/t16-,17+/m1/s1. The summed E-state index contributed by atoms with van der Waals surface area (Å²) < 4.78 is 5.51. The first-order chi connectivity index (χ1) is 12.8. The van der Waals surface area contributed by atoms with Gasteiger partial charge >= 0.3 is 6.09 Å². The maximum absolute atomic E-state index is 13.0. The number of benzene rings is 1. The van der Waals surface area contributed by atoms with Gasteiger partial charge in [-0.2, -0.15) is 0 Å². The third kappa shape index (κ3) is 6.29. The van der Waals surface area contributed by atoms with Crippen molar-refractivity contribution in [3.8, 4) is 0 Å². The molecule has 1 aliphatic heterocycles. The minimum absolute atomic E-state index is 0.183. The van der Waals surface area contributed by atoms with Gasteiger partial charge < -0.3 is 4.74 Å². The lowest BCUT2D eigenvalue weighted by Gasteiger charge is -2.38. The molecule has 0 saturated carbocycles. The van der Waals surface area contributed by atoms with Crippen LogP contribution in [0.2, 0.25) is 0 Å². The Balaban J connectivity index is 2.14. The van der Waals surface area contributed by atoms with Crippen LogP contribution >= 0.6 is 0 Å². The van der Waals surface area contributed by atoms with Gasteiger partial charge in [-0.15, -0.1) is 0 Å². The molecule has 27 heavy (non-hydrogen) atoms. The van der Waals surface area contributed by atoms with E-state index in [9.17, 15) is 9.59 Å². The predicted molar refractivity (Wildman–Crippen MR) is 103 cm³/mol. The molecule has 2 amide bonds. The van der Waals surface area contributed by atoms with Crippen LogP contribution in [0.15, 0.2) is 35.4 Å². The van der Waals surface area contributed by atoms with E-state index in [1.165, 1.54) is 4.90 Å². The summed E-state index contributed by atoms with van der Waals surface area (Å²) in [5, 5.41) is 3.52. The van der Waals surface area contributed by atoms with E-state index in [1.54, 1.807) is 20.8 Å². The Labute approximate surface area is 160 Å². The summed E-state index contributed by atoms with van der Waals surface area (Å²) in [6.07, 6.45) is 2.75. The highest BCUT2D eigenvalue weighted by Gasteiger charge is 2.40. The topological polar surface area (TPSA) is 95.4 Å². The zero-order chi connectivity index (χ0) is 19.9. The number of hydrogen-bond donors (Lipinski definition) is 0. The number of ether oxygens (including phenoxy) is 1. The van der Waals surface area contributed by atoms with Gasteiger partial charge in [0.05, 0.1) is 0 Å². The van der Waals surface area contributed by atoms with Crippen LogP contribution in [0.25, 0.3) is 10.4 Å². The number of imide groups is 1. The van der Waals surface area contributed by atoms with Gasteiger partial charge in [0.1, 0.15) is 5.60 Å². The zero-order valence-electron chi connectivity index (χ0n) is 16.3. The molecular weight excluding hydrogens is 344 g/mol. The monoisotopic (exact) mass is 372 g/mol. The summed E-state index contributed by atoms with van der Waals surface area (Å²) in [6, 6.07) is 9.66. The first kappa shape index (κ1) is 20.8. The quantitative estimate of drug-likeness (QED) is 0.309. The molecule has 0 radical (unpaired) electrons. The summed E-state index contributed by atoms with van der Waals surface area (Å²) in [5.41, 5.74) is 8.80. The molecular formula is C20H28N4O3. The Morgan fingerprint density at radius 2 is 2.00 bits per heavy atom. The number of azide groups is 1. The Hall–Kier alpha value is -2.53. The molecule has 0 aromatic heterocycles. The fourth-order valence-corrected chi connectivity index (χ4v) is 3.37. The molecule has 0 spiro atoms. The van der Waals surface area contributed by atoms with E-state index in [-0.39, 0.29) is 17.9 Å². The predicted octanol–water partition coefficient (Wildman–Crippen LogP) is 4.86. The third-order valence-electron chi connectivity index (χ3n) is 4.58. The van der Waals surface area contributed by atoms with Gasteiger partial charge in [-0.05, 0) is 64.0 Å². The summed E-state index contributed by atoms with van der Waals surface area (Å²) in [5.74, 6) is -0.421. The fourth-order valence-electron chi connectivity index (χ4n) is 3.37. The number of rotatable bonds is 6. The van der Waals surface area contributed by atoms with Gasteiger partial charge in [0.2, 0.25) is 5.91 Å². The lowest BCUT2D eigenvalue weighted by atomic mass is 9.86. The molecule has 1 saturated heterocycles. The van der Waals surface area contributed by atoms with Crippen molar-refractivity contribution < 1.29 is 14.3 Å². The number of hydrogen-bond acceptors (Lipinski definition) is 4. The van der Waals surface area contributed by atoms with Crippen LogP contribution in [0.4, 0.5) is 4.79 Å². The van der Waals surface area contributed by atoms with E-state index in [2.05, 4.69) is 10.0 Å². The highest BCUT2D eigenvalue weighted by atomic mass is 16.6. The second-order valence-corrected chi connectivity index (χ2v) is 7.90. The van der Waals surface area contributed by atoms with Crippen molar-refractivity contribution in [2.24, 2.45) is 11.0 Å². The van der Waals surface area contributed by atoms with Gasteiger partial charge in [0.15, 0.2) is 0 Å². The third-order valence-corrected chi connectivity index (χ3v) is 4.58. The van der Waals surface area contributed by atoms with Gasteiger partial charge in [-0.3, -0.25) is 4.79 Å². The molecule has 7 nitrogen and oxygen atoms in total. The maximum Gasteiger partial charge on any atom is 0.417 e. The number of amides is 2. The van der Waals surface area contributed by atoms with Crippen molar-refractivity contribution in [2.75, 3.05) is 6.54 Å². The van der Waals surface area contributed by atoms with E-state index >= 15 is 0 Å². The summed E-state index contributed by atoms with van der Waals surface area (Å²) in [7, 11) is 0. The van der Waals surface area contributed by atoms with Gasteiger partial charge in [0.25, 0.3) is 0 Å². The molecule has 2 atom stereocenters. The highest BCUT2D eigenvalue weighted by molar-refractivity contribution is 5.94. The van der Waals surface area contributed by atoms with Crippen LogP contribution < -0.4 is 0 Å². The smallest absolute Gasteiger partial charge is 0.417 e. The molecule has 1 heterocycles. The van der Waals surface area contributed by atoms with E-state index < -0.39 is 11.7 Å². The van der Waals surface area contributed by atoms with Crippen molar-refractivity contribution >= 4 is 12.0 Å². The van der Waals surface area contributed by atoms with Gasteiger partial charge in [-0.25, -0.2) is 9.69 Å². The van der Waals surface area contributed by atoms with Gasteiger partial charge in [0, 0.05) is 23.4 Å². The average Bonchev–Trinajstić information content (AvgIpc) is 2.59. The first-order valence-corrected chi connectivity index (χ1v) is 9.42. The summed E-state index contributed by atoms with van der Waals surface area (Å²) in [4.78, 5) is 29.9. The Kier molecular flexibility index (Phi) is 7.25. The van der Waals surface area contributed by atoms with Crippen LogP contribution in [-0.2, 0) is 16.0 Å². The number of piperidine rings is 1. The highest BCUT2D eigenvalue weighted by Crippen LogP contribution is 2.30. The molecule has 1 aromatic rings.